The first kappa shape index (κ1) is 16.5. The van der Waals surface area contributed by atoms with Gasteiger partial charge in [0.05, 0.1) is 6.10 Å². The number of thiophene rings is 1. The molecule has 4 nitrogen and oxygen atoms in total. The average Bonchev–Trinajstić information content (AvgIpc) is 2.89. The second-order valence-corrected chi connectivity index (χ2v) is 6.78. The van der Waals surface area contributed by atoms with Crippen LogP contribution in [-0.2, 0) is 4.79 Å². The highest BCUT2D eigenvalue weighted by molar-refractivity contribution is 7.10. The maximum atomic E-state index is 10.7. The summed E-state index contributed by atoms with van der Waals surface area (Å²) in [4.78, 5) is 14.1. The molecule has 0 spiro atoms. The van der Waals surface area contributed by atoms with Gasteiger partial charge in [-0.15, -0.1) is 11.3 Å². The molecule has 2 rings (SSSR count). The number of aliphatic carboxylic acids is 1. The van der Waals surface area contributed by atoms with Gasteiger partial charge in [0, 0.05) is 17.3 Å². The molecule has 118 valence electrons. The van der Waals surface area contributed by atoms with E-state index in [-0.39, 0.29) is 6.42 Å². The van der Waals surface area contributed by atoms with Crippen LogP contribution in [0.2, 0.25) is 0 Å². The first-order chi connectivity index (χ1) is 10.2. The first-order valence-corrected chi connectivity index (χ1v) is 8.72. The monoisotopic (exact) mass is 311 g/mol. The number of likely N-dealkylation sites (tertiary alicyclic amines) is 1. The molecule has 0 amide bonds. The fourth-order valence-corrected chi connectivity index (χ4v) is 3.81. The van der Waals surface area contributed by atoms with Crippen LogP contribution in [0.25, 0.3) is 0 Å². The van der Waals surface area contributed by atoms with Crippen LogP contribution in [0.4, 0.5) is 0 Å². The molecule has 2 unspecified atom stereocenters. The van der Waals surface area contributed by atoms with Crippen molar-refractivity contribution in [2.75, 3.05) is 13.1 Å². The van der Waals surface area contributed by atoms with E-state index < -0.39 is 12.1 Å². The van der Waals surface area contributed by atoms with Crippen LogP contribution in [0.3, 0.4) is 0 Å². The van der Waals surface area contributed by atoms with E-state index in [2.05, 4.69) is 4.90 Å². The highest BCUT2D eigenvalue weighted by atomic mass is 32.1. The molecule has 2 atom stereocenters. The predicted octanol–water partition coefficient (Wildman–Crippen LogP) is 3.28. The minimum atomic E-state index is -0.722. The molecule has 21 heavy (non-hydrogen) atoms. The number of carboxylic acid groups (broad SMARTS) is 1. The summed E-state index contributed by atoms with van der Waals surface area (Å²) < 4.78 is 0. The fraction of sp³-hybridized carbons (Fsp3) is 0.688. The Bertz CT molecular complexity index is 421. The molecule has 0 aromatic carbocycles. The normalized spacial score (nSPS) is 21.9. The van der Waals surface area contributed by atoms with Crippen LogP contribution in [0, 0.1) is 0 Å². The highest BCUT2D eigenvalue weighted by Crippen LogP contribution is 2.28. The van der Waals surface area contributed by atoms with Gasteiger partial charge in [0.25, 0.3) is 0 Å². The Balaban J connectivity index is 1.90. The van der Waals surface area contributed by atoms with E-state index in [1.165, 1.54) is 19.3 Å². The van der Waals surface area contributed by atoms with Crippen LogP contribution in [-0.4, -0.2) is 40.2 Å². The van der Waals surface area contributed by atoms with Crippen molar-refractivity contribution in [3.63, 3.8) is 0 Å². The molecule has 0 saturated carbocycles. The summed E-state index contributed by atoms with van der Waals surface area (Å²) >= 11 is 1.60. The number of carboxylic acids is 1. The summed E-state index contributed by atoms with van der Waals surface area (Å²) in [7, 11) is 0. The molecule has 2 heterocycles. The second-order valence-electron chi connectivity index (χ2n) is 5.80. The van der Waals surface area contributed by atoms with Gasteiger partial charge in [0.15, 0.2) is 0 Å². The number of nitrogens with zero attached hydrogens (tertiary/aromatic N) is 1. The minimum Gasteiger partial charge on any atom is -0.481 e. The molecule has 1 aromatic rings. The summed E-state index contributed by atoms with van der Waals surface area (Å²) in [5.74, 6) is -0.722. The minimum absolute atomic E-state index is 0.233. The Hall–Kier alpha value is -0.910. The van der Waals surface area contributed by atoms with Crippen molar-refractivity contribution in [2.24, 2.45) is 0 Å². The van der Waals surface area contributed by atoms with E-state index in [0.717, 1.165) is 30.8 Å². The van der Waals surface area contributed by atoms with Crippen molar-refractivity contribution >= 4 is 17.3 Å². The molecular formula is C16H25NO3S. The number of hydrogen-bond donors (Lipinski definition) is 2. The second kappa shape index (κ2) is 8.51. The maximum Gasteiger partial charge on any atom is 0.303 e. The standard InChI is InChI=1S/C16H25NO3S/c18-14(15-7-5-11-21-15)12-13-6-2-1-3-9-17(13)10-4-8-16(19)20/h5,7,11,13-14,18H,1-4,6,8-10,12H2,(H,19,20). The molecule has 5 heteroatoms. The van der Waals surface area contributed by atoms with Crippen LogP contribution < -0.4 is 0 Å². The molecule has 1 aliphatic rings. The molecule has 1 saturated heterocycles. The molecule has 1 fully saturated rings. The van der Waals surface area contributed by atoms with E-state index in [1.54, 1.807) is 11.3 Å². The number of hydrogen-bond acceptors (Lipinski definition) is 4. The van der Waals surface area contributed by atoms with Gasteiger partial charge in [-0.3, -0.25) is 4.79 Å². The summed E-state index contributed by atoms with van der Waals surface area (Å²) in [5.41, 5.74) is 0. The lowest BCUT2D eigenvalue weighted by molar-refractivity contribution is -0.137. The molecule has 1 aliphatic heterocycles. The van der Waals surface area contributed by atoms with Gasteiger partial charge in [0.2, 0.25) is 0 Å². The largest absolute Gasteiger partial charge is 0.481 e. The highest BCUT2D eigenvalue weighted by Gasteiger charge is 2.24. The van der Waals surface area contributed by atoms with Gasteiger partial charge in [-0.05, 0) is 50.2 Å². The topological polar surface area (TPSA) is 60.8 Å². The van der Waals surface area contributed by atoms with E-state index in [1.807, 2.05) is 17.5 Å². The zero-order valence-electron chi connectivity index (χ0n) is 12.4. The van der Waals surface area contributed by atoms with Crippen LogP contribution in [0.15, 0.2) is 17.5 Å². The molecule has 0 bridgehead atoms. The van der Waals surface area contributed by atoms with E-state index in [0.29, 0.717) is 12.5 Å². The van der Waals surface area contributed by atoms with E-state index in [9.17, 15) is 9.90 Å². The lowest BCUT2D eigenvalue weighted by atomic mass is 10.0. The lowest BCUT2D eigenvalue weighted by Gasteiger charge is -2.31. The lowest BCUT2D eigenvalue weighted by Crippen LogP contribution is -2.37. The predicted molar refractivity (Wildman–Crippen MR) is 84.6 cm³/mol. The molecule has 1 aromatic heterocycles. The maximum absolute atomic E-state index is 10.7. The summed E-state index contributed by atoms with van der Waals surface area (Å²) in [6, 6.07) is 4.33. The van der Waals surface area contributed by atoms with Crippen LogP contribution in [0.5, 0.6) is 0 Å². The zero-order chi connectivity index (χ0) is 15.1. The van der Waals surface area contributed by atoms with Crippen molar-refractivity contribution in [3.8, 4) is 0 Å². The third kappa shape index (κ3) is 5.41. The first-order valence-electron chi connectivity index (χ1n) is 7.84. The Morgan fingerprint density at radius 3 is 3.00 bits per heavy atom. The Morgan fingerprint density at radius 1 is 1.43 bits per heavy atom. The number of carbonyl (C=O) groups is 1. The van der Waals surface area contributed by atoms with Gasteiger partial charge >= 0.3 is 5.97 Å². The molecule has 0 aliphatic carbocycles. The molecule has 2 N–H and O–H groups in total. The SMILES string of the molecule is O=C(O)CCCN1CCCCCC1CC(O)c1cccs1. The van der Waals surface area contributed by atoms with E-state index >= 15 is 0 Å². The number of rotatable bonds is 7. The van der Waals surface area contributed by atoms with Gasteiger partial charge in [-0.1, -0.05) is 18.9 Å². The van der Waals surface area contributed by atoms with Gasteiger partial charge in [-0.25, -0.2) is 0 Å². The smallest absolute Gasteiger partial charge is 0.303 e. The fourth-order valence-electron chi connectivity index (χ4n) is 3.09. The summed E-state index contributed by atoms with van der Waals surface area (Å²) in [6.07, 6.45) is 6.02. The molecular weight excluding hydrogens is 286 g/mol. The van der Waals surface area contributed by atoms with Gasteiger partial charge < -0.3 is 15.1 Å². The van der Waals surface area contributed by atoms with Crippen molar-refractivity contribution in [3.05, 3.63) is 22.4 Å². The van der Waals surface area contributed by atoms with Crippen molar-refractivity contribution in [1.29, 1.82) is 0 Å². The zero-order valence-corrected chi connectivity index (χ0v) is 13.2. The number of aliphatic hydroxyl groups excluding tert-OH is 1. The average molecular weight is 311 g/mol. The van der Waals surface area contributed by atoms with Crippen molar-refractivity contribution in [1.82, 2.24) is 4.90 Å². The third-order valence-electron chi connectivity index (χ3n) is 4.20. The quantitative estimate of drug-likeness (QED) is 0.811. The summed E-state index contributed by atoms with van der Waals surface area (Å²) in [5, 5.41) is 21.1. The Labute approximate surface area is 130 Å². The summed E-state index contributed by atoms with van der Waals surface area (Å²) in [6.45, 7) is 1.86. The van der Waals surface area contributed by atoms with Crippen molar-refractivity contribution in [2.45, 2.75) is 57.1 Å². The Kier molecular flexibility index (Phi) is 6.67. The molecule has 0 radical (unpaired) electrons. The van der Waals surface area contributed by atoms with Gasteiger partial charge in [0.1, 0.15) is 0 Å². The number of aliphatic hydroxyl groups is 1. The third-order valence-corrected chi connectivity index (χ3v) is 5.18. The van der Waals surface area contributed by atoms with E-state index in [4.69, 9.17) is 5.11 Å². The van der Waals surface area contributed by atoms with Gasteiger partial charge in [-0.2, -0.15) is 0 Å². The Morgan fingerprint density at radius 2 is 2.29 bits per heavy atom. The van der Waals surface area contributed by atoms with Crippen molar-refractivity contribution < 1.29 is 15.0 Å². The van der Waals surface area contributed by atoms with Crippen LogP contribution >= 0.6 is 11.3 Å². The van der Waals surface area contributed by atoms with Crippen LogP contribution in [0.1, 0.15) is 55.9 Å².